The van der Waals surface area contributed by atoms with Crippen LogP contribution < -0.4 is 4.74 Å². The number of phenolic OH excluding ortho intramolecular Hbond substituents is 2. The number of ketones is 2. The van der Waals surface area contributed by atoms with Crippen LogP contribution in [0, 0.1) is 0 Å². The molecule has 0 aliphatic rings. The lowest BCUT2D eigenvalue weighted by Gasteiger charge is -2.14. The normalized spacial score (nSPS) is 10.8. The summed E-state index contributed by atoms with van der Waals surface area (Å²) in [5.74, 6) is -4.77. The van der Waals surface area contributed by atoms with Gasteiger partial charge < -0.3 is 25.2 Å². The fourth-order valence-electron chi connectivity index (χ4n) is 4.05. The smallest absolute Gasteiger partial charge is 0.347 e. The van der Waals surface area contributed by atoms with Gasteiger partial charge in [-0.15, -0.1) is 0 Å². The number of Topliss-reactive ketones (excluding diaryl/α,β-unsaturated/α-hetero) is 2. The molecule has 2 aromatic carbocycles. The van der Waals surface area contributed by atoms with Crippen molar-refractivity contribution >= 4 is 23.5 Å². The van der Waals surface area contributed by atoms with Crippen LogP contribution in [0.4, 0.5) is 0 Å². The number of ether oxygens (including phenoxy) is 1. The largest absolute Gasteiger partial charge is 0.508 e. The molecule has 0 saturated carbocycles. The van der Waals surface area contributed by atoms with E-state index in [9.17, 15) is 39.6 Å². The predicted molar refractivity (Wildman–Crippen MR) is 136 cm³/mol. The maximum absolute atomic E-state index is 13.0. The van der Waals surface area contributed by atoms with Crippen molar-refractivity contribution in [3.05, 3.63) is 46.5 Å². The van der Waals surface area contributed by atoms with E-state index in [0.29, 0.717) is 12.8 Å². The lowest BCUT2D eigenvalue weighted by molar-refractivity contribution is -0.119. The lowest BCUT2D eigenvalue weighted by atomic mass is 9.97. The highest BCUT2D eigenvalue weighted by Gasteiger charge is 2.24. The fraction of sp³-hybridized carbons (Fsp3) is 0.429. The van der Waals surface area contributed by atoms with E-state index in [1.165, 1.54) is 12.1 Å². The van der Waals surface area contributed by atoms with Crippen molar-refractivity contribution < 1.29 is 44.3 Å². The van der Waals surface area contributed by atoms with Gasteiger partial charge in [0.15, 0.2) is 0 Å². The van der Waals surface area contributed by atoms with Crippen molar-refractivity contribution in [1.82, 2.24) is 0 Å². The minimum atomic E-state index is -1.44. The maximum Gasteiger partial charge on any atom is 0.347 e. The topological polar surface area (TPSA) is 158 Å². The Bertz CT molecular complexity index is 1150. The number of benzene rings is 2. The first-order valence-corrected chi connectivity index (χ1v) is 12.5. The Labute approximate surface area is 215 Å². The Balaban J connectivity index is 2.34. The number of phenols is 3. The molecule has 37 heavy (non-hydrogen) atoms. The molecule has 0 aliphatic heterocycles. The number of carboxylic acids is 1. The van der Waals surface area contributed by atoms with E-state index in [2.05, 4.69) is 0 Å². The number of esters is 1. The molecular formula is C28H34O9. The second-order valence-corrected chi connectivity index (χ2v) is 9.02. The number of carbonyl (C=O) groups is 4. The van der Waals surface area contributed by atoms with Gasteiger partial charge >= 0.3 is 11.9 Å². The van der Waals surface area contributed by atoms with Crippen LogP contribution in [0.3, 0.4) is 0 Å². The highest BCUT2D eigenvalue weighted by atomic mass is 16.5. The Kier molecular flexibility index (Phi) is 11.1. The molecule has 0 unspecified atom stereocenters. The summed E-state index contributed by atoms with van der Waals surface area (Å²) in [5.41, 5.74) is -0.741. The fourth-order valence-corrected chi connectivity index (χ4v) is 4.05. The van der Waals surface area contributed by atoms with Gasteiger partial charge in [-0.25, -0.2) is 9.59 Å². The van der Waals surface area contributed by atoms with Gasteiger partial charge in [0.2, 0.25) is 0 Å². The Morgan fingerprint density at radius 3 is 1.73 bits per heavy atom. The van der Waals surface area contributed by atoms with Crippen LogP contribution >= 0.6 is 0 Å². The molecule has 0 saturated heterocycles. The summed E-state index contributed by atoms with van der Waals surface area (Å²) in [6.45, 7) is 3.99. The number of carbonyl (C=O) groups excluding carboxylic acids is 3. The number of aromatic hydroxyl groups is 3. The molecule has 2 rings (SSSR count). The van der Waals surface area contributed by atoms with Gasteiger partial charge in [0.25, 0.3) is 0 Å². The monoisotopic (exact) mass is 514 g/mol. The third-order valence-electron chi connectivity index (χ3n) is 5.88. The van der Waals surface area contributed by atoms with E-state index >= 15 is 0 Å². The van der Waals surface area contributed by atoms with Crippen LogP contribution in [0.25, 0.3) is 0 Å². The minimum Gasteiger partial charge on any atom is -0.508 e. The second-order valence-electron chi connectivity index (χ2n) is 9.02. The van der Waals surface area contributed by atoms with E-state index in [0.717, 1.165) is 37.8 Å². The third-order valence-corrected chi connectivity index (χ3v) is 5.88. The average molecular weight is 515 g/mol. The van der Waals surface area contributed by atoms with E-state index in [-0.39, 0.29) is 65.4 Å². The number of hydrogen-bond acceptors (Lipinski definition) is 8. The second kappa shape index (κ2) is 14.0. The molecule has 0 heterocycles. The quantitative estimate of drug-likeness (QED) is 0.144. The van der Waals surface area contributed by atoms with Gasteiger partial charge in [0, 0.05) is 37.8 Å². The summed E-state index contributed by atoms with van der Waals surface area (Å²) in [6.07, 6.45) is 4.92. The van der Waals surface area contributed by atoms with Gasteiger partial charge in [-0.1, -0.05) is 39.5 Å². The summed E-state index contributed by atoms with van der Waals surface area (Å²) in [6, 6.07) is 4.25. The Morgan fingerprint density at radius 2 is 1.22 bits per heavy atom. The summed E-state index contributed by atoms with van der Waals surface area (Å²) in [7, 11) is 0. The van der Waals surface area contributed by atoms with Crippen molar-refractivity contribution in [2.75, 3.05) is 0 Å². The van der Waals surface area contributed by atoms with Crippen molar-refractivity contribution in [1.29, 1.82) is 0 Å². The first kappa shape index (κ1) is 29.4. The molecule has 0 atom stereocenters. The number of hydrogen-bond donors (Lipinski definition) is 4. The molecule has 0 radical (unpaired) electrons. The van der Waals surface area contributed by atoms with Crippen molar-refractivity contribution in [3.63, 3.8) is 0 Å². The van der Waals surface area contributed by atoms with E-state index in [1.54, 1.807) is 0 Å². The molecule has 0 aromatic heterocycles. The predicted octanol–water partition coefficient (Wildman–Crippen LogP) is 5.10. The SMILES string of the molecule is CCCCCC(=O)Cc1cc(OC(=O)c2c(O)cc(O)cc2CC(=O)CCCCC)cc(O)c1C(=O)O. The first-order chi connectivity index (χ1) is 17.6. The van der Waals surface area contributed by atoms with Crippen LogP contribution in [0.15, 0.2) is 24.3 Å². The van der Waals surface area contributed by atoms with Crippen molar-refractivity contribution in [3.8, 4) is 23.0 Å². The van der Waals surface area contributed by atoms with Crippen LogP contribution in [0.1, 0.15) is 97.1 Å². The van der Waals surface area contributed by atoms with Gasteiger partial charge in [0.1, 0.15) is 45.7 Å². The van der Waals surface area contributed by atoms with Gasteiger partial charge in [0.05, 0.1) is 0 Å². The number of carboxylic acid groups (broad SMARTS) is 1. The highest BCUT2D eigenvalue weighted by Crippen LogP contribution is 2.32. The molecule has 9 heteroatoms. The molecule has 2 aromatic rings. The van der Waals surface area contributed by atoms with Crippen LogP contribution in [0.2, 0.25) is 0 Å². The zero-order valence-corrected chi connectivity index (χ0v) is 21.2. The summed E-state index contributed by atoms with van der Waals surface area (Å²) in [5, 5.41) is 40.1. The zero-order chi connectivity index (χ0) is 27.5. The number of rotatable bonds is 15. The molecule has 0 spiro atoms. The standard InChI is InChI=1S/C28H34O9/c1-3-5-7-9-19(29)11-17-13-21(31)15-23(32)26(17)28(36)37-22-14-18(12-20(30)10-8-6-4-2)25(27(34)35)24(33)16-22/h13-16,31-33H,3-12H2,1-2H3,(H,34,35). The molecular weight excluding hydrogens is 480 g/mol. The molecule has 9 nitrogen and oxygen atoms in total. The third kappa shape index (κ3) is 8.63. The van der Waals surface area contributed by atoms with Crippen LogP contribution in [-0.2, 0) is 22.4 Å². The maximum atomic E-state index is 13.0. The molecule has 0 fully saturated rings. The number of aromatic carboxylic acids is 1. The molecule has 0 amide bonds. The van der Waals surface area contributed by atoms with Gasteiger partial charge in [-0.05, 0) is 36.1 Å². The summed E-state index contributed by atoms with van der Waals surface area (Å²) in [4.78, 5) is 49.5. The average Bonchev–Trinajstić information content (AvgIpc) is 2.78. The van der Waals surface area contributed by atoms with Crippen molar-refractivity contribution in [2.24, 2.45) is 0 Å². The van der Waals surface area contributed by atoms with Crippen molar-refractivity contribution in [2.45, 2.75) is 78.1 Å². The summed E-state index contributed by atoms with van der Waals surface area (Å²) < 4.78 is 5.32. The Morgan fingerprint density at radius 1 is 0.703 bits per heavy atom. The van der Waals surface area contributed by atoms with Crippen LogP contribution in [0.5, 0.6) is 23.0 Å². The van der Waals surface area contributed by atoms with Gasteiger partial charge in [-0.3, -0.25) is 9.59 Å². The molecule has 200 valence electrons. The zero-order valence-electron chi connectivity index (χ0n) is 21.2. The Hall–Kier alpha value is -3.88. The molecule has 0 aliphatic carbocycles. The van der Waals surface area contributed by atoms with E-state index < -0.39 is 29.0 Å². The van der Waals surface area contributed by atoms with E-state index in [1.807, 2.05) is 13.8 Å². The van der Waals surface area contributed by atoms with Crippen LogP contribution in [-0.4, -0.2) is 43.9 Å². The van der Waals surface area contributed by atoms with Gasteiger partial charge in [-0.2, -0.15) is 0 Å². The number of unbranched alkanes of at least 4 members (excludes halogenated alkanes) is 4. The highest BCUT2D eigenvalue weighted by molar-refractivity contribution is 5.98. The minimum absolute atomic E-state index is 0.0157. The summed E-state index contributed by atoms with van der Waals surface area (Å²) >= 11 is 0. The molecule has 4 N–H and O–H groups in total. The first-order valence-electron chi connectivity index (χ1n) is 12.5. The molecule has 0 bridgehead atoms. The van der Waals surface area contributed by atoms with E-state index in [4.69, 9.17) is 4.74 Å². The lowest BCUT2D eigenvalue weighted by Crippen LogP contribution is -2.15.